The molecule has 1 rings (SSSR count). The molecule has 0 aliphatic carbocycles. The first kappa shape index (κ1) is 19.8. The van der Waals surface area contributed by atoms with E-state index in [1.54, 1.807) is 0 Å². The summed E-state index contributed by atoms with van der Waals surface area (Å²) in [5, 5.41) is 0. The van der Waals surface area contributed by atoms with Crippen LogP contribution in [0.15, 0.2) is 16.3 Å². The summed E-state index contributed by atoms with van der Waals surface area (Å²) >= 11 is 0. The van der Waals surface area contributed by atoms with Crippen LogP contribution < -0.4 is 0 Å². The SMILES string of the molecule is C/C(=C1/N=C(C(F)(F)F)OC1=O)[C@@H](OC(=O)C(F)(F)F)C(F)(F)F. The summed E-state index contributed by atoms with van der Waals surface area (Å²) in [6.07, 6.45) is -20.4. The van der Waals surface area contributed by atoms with Crippen LogP contribution in [0.3, 0.4) is 0 Å². The number of hydrogen-bond acceptors (Lipinski definition) is 5. The van der Waals surface area contributed by atoms with Gasteiger partial charge in [0, 0.05) is 5.57 Å². The molecule has 0 aromatic heterocycles. The smallest absolute Gasteiger partial charge is 0.441 e. The number of hydrogen-bond donors (Lipinski definition) is 0. The van der Waals surface area contributed by atoms with Crippen LogP contribution in [0.25, 0.3) is 0 Å². The van der Waals surface area contributed by atoms with E-state index in [9.17, 15) is 49.1 Å². The van der Waals surface area contributed by atoms with Crippen molar-refractivity contribution >= 4 is 17.8 Å². The van der Waals surface area contributed by atoms with Gasteiger partial charge in [0.05, 0.1) is 0 Å². The Labute approximate surface area is 125 Å². The van der Waals surface area contributed by atoms with E-state index in [-0.39, 0.29) is 0 Å². The molecule has 14 heteroatoms. The number of carbonyl (C=O) groups excluding carboxylic acids is 2. The monoisotopic (exact) mass is 373 g/mol. The van der Waals surface area contributed by atoms with Gasteiger partial charge in [-0.05, 0) is 6.92 Å². The molecular formula is C10H4F9NO4. The van der Waals surface area contributed by atoms with Crippen LogP contribution in [0.5, 0.6) is 0 Å². The Hall–Kier alpha value is -2.28. The maximum Gasteiger partial charge on any atom is 0.490 e. The minimum atomic E-state index is -5.80. The van der Waals surface area contributed by atoms with Gasteiger partial charge < -0.3 is 9.47 Å². The summed E-state index contributed by atoms with van der Waals surface area (Å²) in [5.41, 5.74) is -3.08. The lowest BCUT2D eigenvalue weighted by atomic mass is 10.1. The Balaban J connectivity index is 3.31. The molecule has 0 aromatic carbocycles. The molecule has 0 N–H and O–H groups in total. The number of halogens is 9. The van der Waals surface area contributed by atoms with E-state index in [0.717, 1.165) is 0 Å². The van der Waals surface area contributed by atoms with Crippen molar-refractivity contribution < 1.29 is 58.6 Å². The summed E-state index contributed by atoms with van der Waals surface area (Å²) in [6.45, 7) is 0.321. The van der Waals surface area contributed by atoms with Crippen LogP contribution in [-0.2, 0) is 19.1 Å². The summed E-state index contributed by atoms with van der Waals surface area (Å²) in [7, 11) is 0. The first-order chi connectivity index (χ1) is 10.5. The van der Waals surface area contributed by atoms with Crippen molar-refractivity contribution in [1.82, 2.24) is 0 Å². The van der Waals surface area contributed by atoms with Crippen molar-refractivity contribution in [3.63, 3.8) is 0 Å². The van der Waals surface area contributed by atoms with E-state index in [0.29, 0.717) is 6.92 Å². The molecule has 0 radical (unpaired) electrons. The number of alkyl halides is 9. The third kappa shape index (κ3) is 4.38. The highest BCUT2D eigenvalue weighted by molar-refractivity contribution is 6.06. The first-order valence-corrected chi connectivity index (χ1v) is 5.48. The van der Waals surface area contributed by atoms with Gasteiger partial charge in [0.25, 0.3) is 0 Å². The van der Waals surface area contributed by atoms with E-state index in [2.05, 4.69) is 14.5 Å². The average Bonchev–Trinajstić information content (AvgIpc) is 2.74. The van der Waals surface area contributed by atoms with Crippen molar-refractivity contribution in [1.29, 1.82) is 0 Å². The van der Waals surface area contributed by atoms with Gasteiger partial charge in [0.15, 0.2) is 5.70 Å². The normalized spacial score (nSPS) is 19.6. The van der Waals surface area contributed by atoms with Gasteiger partial charge in [-0.25, -0.2) is 14.6 Å². The van der Waals surface area contributed by atoms with Crippen LogP contribution in [0, 0.1) is 0 Å². The second-order valence-electron chi connectivity index (χ2n) is 4.16. The largest absolute Gasteiger partial charge is 0.490 e. The molecule has 0 amide bonds. The summed E-state index contributed by atoms with van der Waals surface area (Å²) < 4.78 is 118. The molecule has 1 heterocycles. The molecule has 0 saturated heterocycles. The van der Waals surface area contributed by atoms with E-state index in [1.165, 1.54) is 0 Å². The highest BCUT2D eigenvalue weighted by Crippen LogP contribution is 2.34. The zero-order valence-electron chi connectivity index (χ0n) is 11.1. The minimum Gasteiger partial charge on any atom is -0.441 e. The maximum absolute atomic E-state index is 12.7. The Morgan fingerprint density at radius 3 is 1.92 bits per heavy atom. The number of cyclic esters (lactones) is 1. The van der Waals surface area contributed by atoms with Gasteiger partial charge in [-0.3, -0.25) is 0 Å². The number of carbonyl (C=O) groups is 2. The zero-order valence-corrected chi connectivity index (χ0v) is 11.1. The molecular weight excluding hydrogens is 369 g/mol. The Kier molecular flexibility index (Phi) is 4.92. The van der Waals surface area contributed by atoms with Crippen molar-refractivity contribution in [2.45, 2.75) is 31.6 Å². The molecule has 0 unspecified atom stereocenters. The maximum atomic E-state index is 12.7. The predicted molar refractivity (Wildman–Crippen MR) is 54.3 cm³/mol. The van der Waals surface area contributed by atoms with E-state index in [4.69, 9.17) is 0 Å². The van der Waals surface area contributed by atoms with E-state index in [1.807, 2.05) is 0 Å². The Morgan fingerprint density at radius 2 is 1.58 bits per heavy atom. The number of aliphatic imine (C=N–C) groups is 1. The highest BCUT2D eigenvalue weighted by atomic mass is 19.4. The highest BCUT2D eigenvalue weighted by Gasteiger charge is 2.52. The lowest BCUT2D eigenvalue weighted by molar-refractivity contribution is -0.237. The molecule has 0 spiro atoms. The van der Waals surface area contributed by atoms with Gasteiger partial charge in [-0.2, -0.15) is 39.5 Å². The number of rotatable bonds is 2. The zero-order chi connectivity index (χ0) is 19.1. The third-order valence-corrected chi connectivity index (χ3v) is 2.36. The van der Waals surface area contributed by atoms with Gasteiger partial charge in [0.2, 0.25) is 6.10 Å². The third-order valence-electron chi connectivity index (χ3n) is 2.36. The van der Waals surface area contributed by atoms with Crippen LogP contribution in [-0.4, -0.2) is 42.5 Å². The molecule has 136 valence electrons. The van der Waals surface area contributed by atoms with Gasteiger partial charge in [-0.15, -0.1) is 0 Å². The number of esters is 2. The van der Waals surface area contributed by atoms with Crippen molar-refractivity contribution in [3.05, 3.63) is 11.3 Å². The number of nitrogens with zero attached hydrogens (tertiary/aromatic N) is 1. The molecule has 1 aliphatic rings. The fraction of sp³-hybridized carbons (Fsp3) is 0.500. The second kappa shape index (κ2) is 5.98. The van der Waals surface area contributed by atoms with Gasteiger partial charge in [0.1, 0.15) is 0 Å². The van der Waals surface area contributed by atoms with E-state index >= 15 is 0 Å². The first-order valence-electron chi connectivity index (χ1n) is 5.48. The average molecular weight is 373 g/mol. The fourth-order valence-corrected chi connectivity index (χ4v) is 1.38. The standard InChI is InChI=1S/C10H4F9NO4/c1-2(3-5(21)24-6(20-3)9(14,15)16)4(8(11,12)13)23-7(22)10(17,18)19/h4H,1H3/b3-2-/t4-/m1/s1. The van der Waals surface area contributed by atoms with Crippen molar-refractivity contribution in [3.8, 4) is 0 Å². The van der Waals surface area contributed by atoms with Crippen LogP contribution in [0.2, 0.25) is 0 Å². The van der Waals surface area contributed by atoms with Gasteiger partial charge in [-0.1, -0.05) is 0 Å². The quantitative estimate of drug-likeness (QED) is 0.424. The summed E-state index contributed by atoms with van der Waals surface area (Å²) in [5.74, 6) is -7.45. The Bertz CT molecular complexity index is 611. The van der Waals surface area contributed by atoms with Crippen molar-refractivity contribution in [2.24, 2.45) is 4.99 Å². The molecule has 5 nitrogen and oxygen atoms in total. The van der Waals surface area contributed by atoms with Crippen molar-refractivity contribution in [2.75, 3.05) is 0 Å². The fourth-order valence-electron chi connectivity index (χ4n) is 1.38. The second-order valence-corrected chi connectivity index (χ2v) is 4.16. The molecule has 0 aromatic rings. The number of ether oxygens (including phenoxy) is 2. The summed E-state index contributed by atoms with van der Waals surface area (Å²) in [6, 6.07) is 0. The molecule has 0 bridgehead atoms. The molecule has 0 fully saturated rings. The van der Waals surface area contributed by atoms with Crippen LogP contribution in [0.1, 0.15) is 6.92 Å². The topological polar surface area (TPSA) is 65.0 Å². The molecule has 0 saturated carbocycles. The van der Waals surface area contributed by atoms with Crippen LogP contribution in [0.4, 0.5) is 39.5 Å². The summed E-state index contributed by atoms with van der Waals surface area (Å²) in [4.78, 5) is 24.2. The lowest BCUT2D eigenvalue weighted by Gasteiger charge is -2.22. The minimum absolute atomic E-state index is 0.321. The van der Waals surface area contributed by atoms with Crippen LogP contribution >= 0.6 is 0 Å². The van der Waals surface area contributed by atoms with Gasteiger partial charge >= 0.3 is 36.4 Å². The van der Waals surface area contributed by atoms with E-state index < -0.39 is 53.7 Å². The lowest BCUT2D eigenvalue weighted by Crippen LogP contribution is -2.39. The molecule has 1 aliphatic heterocycles. The Morgan fingerprint density at radius 1 is 1.08 bits per heavy atom. The predicted octanol–water partition coefficient (Wildman–Crippen LogP) is 2.81. The molecule has 1 atom stereocenters. The molecule has 24 heavy (non-hydrogen) atoms.